The lowest BCUT2D eigenvalue weighted by molar-refractivity contribution is 0.0940. The number of carbonyl (C=O) groups is 1. The van der Waals surface area contributed by atoms with Crippen molar-refractivity contribution < 1.29 is 9.53 Å². The molecule has 0 aliphatic carbocycles. The van der Waals surface area contributed by atoms with Crippen molar-refractivity contribution in [1.29, 1.82) is 0 Å². The lowest BCUT2D eigenvalue weighted by Gasteiger charge is -2.13. The maximum Gasteiger partial charge on any atom is 0.275 e. The Morgan fingerprint density at radius 1 is 1.16 bits per heavy atom. The van der Waals surface area contributed by atoms with Crippen LogP contribution in [0.1, 0.15) is 40.0 Å². The lowest BCUT2D eigenvalue weighted by atomic mass is 10.1. The van der Waals surface area contributed by atoms with Gasteiger partial charge in [-0.1, -0.05) is 18.2 Å². The molecule has 31 heavy (non-hydrogen) atoms. The third kappa shape index (κ3) is 4.05. The van der Waals surface area contributed by atoms with Crippen molar-refractivity contribution >= 4 is 11.4 Å². The summed E-state index contributed by atoms with van der Waals surface area (Å²) in [5.41, 5.74) is 4.26. The molecular weight excluding hydrogens is 394 g/mol. The van der Waals surface area contributed by atoms with Crippen LogP contribution in [0.5, 0.6) is 5.88 Å². The summed E-state index contributed by atoms with van der Waals surface area (Å²) in [7, 11) is 1.55. The summed E-state index contributed by atoms with van der Waals surface area (Å²) in [5.74, 6) is 0.646. The van der Waals surface area contributed by atoms with Gasteiger partial charge in [-0.2, -0.15) is 0 Å². The summed E-state index contributed by atoms with van der Waals surface area (Å²) in [6.45, 7) is 5.89. The molecule has 4 rings (SSSR count). The number of hydrogen-bond donors (Lipinski definition) is 2. The molecule has 0 fully saturated rings. The second-order valence-corrected chi connectivity index (χ2v) is 7.49. The van der Waals surface area contributed by atoms with E-state index in [-0.39, 0.29) is 17.5 Å². The number of nitrogens with one attached hydrogen (secondary N) is 2. The molecule has 8 nitrogen and oxygen atoms in total. The van der Waals surface area contributed by atoms with Crippen LogP contribution in [0.15, 0.2) is 53.6 Å². The maximum absolute atomic E-state index is 12.8. The first-order valence-corrected chi connectivity index (χ1v) is 9.87. The van der Waals surface area contributed by atoms with Crippen LogP contribution in [0.25, 0.3) is 16.9 Å². The molecule has 1 amide bonds. The Morgan fingerprint density at radius 3 is 2.65 bits per heavy atom. The number of fused-ring (bicyclic) bond motifs is 1. The fourth-order valence-electron chi connectivity index (χ4n) is 3.28. The number of carbonyl (C=O) groups excluding carboxylic acids is 1. The van der Waals surface area contributed by atoms with Crippen molar-refractivity contribution in [1.82, 2.24) is 24.9 Å². The number of H-pyrrole nitrogens is 1. The minimum Gasteiger partial charge on any atom is -0.481 e. The van der Waals surface area contributed by atoms with E-state index in [0.717, 1.165) is 22.3 Å². The first-order chi connectivity index (χ1) is 14.9. The fraction of sp³-hybridized carbons (Fsp3) is 0.217. The topological polar surface area (TPSA) is 101 Å². The first kappa shape index (κ1) is 20.3. The van der Waals surface area contributed by atoms with Crippen LogP contribution < -0.4 is 15.6 Å². The number of methoxy groups -OCH3 is 1. The van der Waals surface area contributed by atoms with Crippen LogP contribution in [-0.4, -0.2) is 32.6 Å². The van der Waals surface area contributed by atoms with E-state index >= 15 is 0 Å². The molecule has 4 aromatic rings. The first-order valence-electron chi connectivity index (χ1n) is 9.87. The average molecular weight is 417 g/mol. The highest BCUT2D eigenvalue weighted by molar-refractivity contribution is 5.95. The van der Waals surface area contributed by atoms with Gasteiger partial charge in [-0.05, 0) is 49.6 Å². The highest BCUT2D eigenvalue weighted by Gasteiger charge is 2.16. The van der Waals surface area contributed by atoms with Crippen molar-refractivity contribution in [2.75, 3.05) is 7.11 Å². The molecule has 158 valence electrons. The SMILES string of the molecule is COc1ccc(C(C)NC(=O)c2cc3c(=O)[nH]c(-c4ccc(C)c(C)c4)nn3c2)cn1. The molecule has 0 aliphatic rings. The largest absolute Gasteiger partial charge is 0.481 e. The van der Waals surface area contributed by atoms with Gasteiger partial charge in [0.1, 0.15) is 5.52 Å². The molecule has 0 aliphatic heterocycles. The van der Waals surface area contributed by atoms with Crippen LogP contribution >= 0.6 is 0 Å². The Labute approximate surface area is 178 Å². The highest BCUT2D eigenvalue weighted by atomic mass is 16.5. The molecule has 1 atom stereocenters. The van der Waals surface area contributed by atoms with Crippen molar-refractivity contribution in [3.8, 4) is 17.3 Å². The van der Waals surface area contributed by atoms with Gasteiger partial charge in [0.25, 0.3) is 11.5 Å². The molecule has 1 unspecified atom stereocenters. The zero-order valence-corrected chi connectivity index (χ0v) is 17.8. The number of ether oxygens (including phenoxy) is 1. The Kier molecular flexibility index (Phi) is 5.29. The zero-order chi connectivity index (χ0) is 22.1. The summed E-state index contributed by atoms with van der Waals surface area (Å²) in [6, 6.07) is 10.7. The highest BCUT2D eigenvalue weighted by Crippen LogP contribution is 2.19. The van der Waals surface area contributed by atoms with Gasteiger partial charge in [-0.25, -0.2) is 9.50 Å². The Balaban J connectivity index is 1.60. The number of aromatic amines is 1. The summed E-state index contributed by atoms with van der Waals surface area (Å²) in [6.07, 6.45) is 3.21. The third-order valence-corrected chi connectivity index (χ3v) is 5.33. The number of rotatable bonds is 5. The number of pyridine rings is 1. The van der Waals surface area contributed by atoms with E-state index < -0.39 is 0 Å². The predicted molar refractivity (Wildman–Crippen MR) is 117 cm³/mol. The number of hydrogen-bond acceptors (Lipinski definition) is 5. The molecule has 0 spiro atoms. The fourth-order valence-corrected chi connectivity index (χ4v) is 3.28. The van der Waals surface area contributed by atoms with Crippen LogP contribution in [0.2, 0.25) is 0 Å². The summed E-state index contributed by atoms with van der Waals surface area (Å²) in [5, 5.41) is 7.41. The zero-order valence-electron chi connectivity index (χ0n) is 17.8. The molecule has 1 aromatic carbocycles. The van der Waals surface area contributed by atoms with Gasteiger partial charge in [-0.15, -0.1) is 5.10 Å². The quantitative estimate of drug-likeness (QED) is 0.519. The smallest absolute Gasteiger partial charge is 0.275 e. The van der Waals surface area contributed by atoms with Crippen LogP contribution in [0.3, 0.4) is 0 Å². The number of amides is 1. The van der Waals surface area contributed by atoms with Crippen molar-refractivity contribution in [2.24, 2.45) is 0 Å². The van der Waals surface area contributed by atoms with Crippen LogP contribution in [0, 0.1) is 13.8 Å². The number of benzene rings is 1. The molecule has 0 saturated heterocycles. The minimum atomic E-state index is -0.310. The molecule has 0 radical (unpaired) electrons. The monoisotopic (exact) mass is 417 g/mol. The van der Waals surface area contributed by atoms with E-state index in [1.807, 2.05) is 45.0 Å². The van der Waals surface area contributed by atoms with E-state index in [1.165, 1.54) is 10.6 Å². The number of aromatic nitrogens is 4. The van der Waals surface area contributed by atoms with Gasteiger partial charge in [0.05, 0.1) is 18.7 Å². The lowest BCUT2D eigenvalue weighted by Crippen LogP contribution is -2.26. The molecule has 0 saturated carbocycles. The maximum atomic E-state index is 12.8. The number of nitrogens with zero attached hydrogens (tertiary/aromatic N) is 3. The van der Waals surface area contributed by atoms with Gasteiger partial charge in [0, 0.05) is 24.0 Å². The van der Waals surface area contributed by atoms with Crippen molar-refractivity contribution in [3.63, 3.8) is 0 Å². The summed E-state index contributed by atoms with van der Waals surface area (Å²) >= 11 is 0. The van der Waals surface area contributed by atoms with E-state index in [1.54, 1.807) is 25.6 Å². The molecule has 2 N–H and O–H groups in total. The molecule has 3 heterocycles. The van der Waals surface area contributed by atoms with E-state index in [2.05, 4.69) is 20.4 Å². The average Bonchev–Trinajstić information content (AvgIpc) is 3.21. The molecule has 3 aromatic heterocycles. The van der Waals surface area contributed by atoms with Gasteiger partial charge < -0.3 is 15.0 Å². The Bertz CT molecular complexity index is 1320. The van der Waals surface area contributed by atoms with Crippen LogP contribution in [0.4, 0.5) is 0 Å². The van der Waals surface area contributed by atoms with Gasteiger partial charge >= 0.3 is 0 Å². The van der Waals surface area contributed by atoms with Crippen molar-refractivity contribution in [2.45, 2.75) is 26.8 Å². The summed E-state index contributed by atoms with van der Waals surface area (Å²) < 4.78 is 6.50. The molecular formula is C23H23N5O3. The Hall–Kier alpha value is -3.94. The Morgan fingerprint density at radius 2 is 1.97 bits per heavy atom. The minimum absolute atomic E-state index is 0.272. The standard InChI is InChI=1S/C23H23N5O3/c1-13-5-6-16(9-14(13)2)21-26-23(30)19-10-18(12-28(19)27-21)22(29)25-15(3)17-7-8-20(31-4)24-11-17/h5-12,15H,1-4H3,(H,25,29)(H,26,27,30). The second kappa shape index (κ2) is 8.06. The van der Waals surface area contributed by atoms with Gasteiger partial charge in [-0.3, -0.25) is 9.59 Å². The predicted octanol–water partition coefficient (Wildman–Crippen LogP) is 3.20. The molecule has 0 bridgehead atoms. The third-order valence-electron chi connectivity index (χ3n) is 5.33. The molecule has 8 heteroatoms. The van der Waals surface area contributed by atoms with E-state index in [0.29, 0.717) is 22.8 Å². The number of aryl methyl sites for hydroxylation is 2. The van der Waals surface area contributed by atoms with Crippen molar-refractivity contribution in [3.05, 3.63) is 81.4 Å². The summed E-state index contributed by atoms with van der Waals surface area (Å²) in [4.78, 5) is 32.3. The van der Waals surface area contributed by atoms with E-state index in [9.17, 15) is 9.59 Å². The van der Waals surface area contributed by atoms with Crippen LogP contribution in [-0.2, 0) is 0 Å². The van der Waals surface area contributed by atoms with Gasteiger partial charge in [0.15, 0.2) is 5.82 Å². The van der Waals surface area contributed by atoms with Gasteiger partial charge in [0.2, 0.25) is 5.88 Å². The normalized spacial score (nSPS) is 12.0. The van der Waals surface area contributed by atoms with E-state index in [4.69, 9.17) is 4.74 Å². The second-order valence-electron chi connectivity index (χ2n) is 7.49.